The molecule has 12 heteroatoms. The van der Waals surface area contributed by atoms with E-state index in [1.54, 1.807) is 0 Å². The normalized spacial score (nSPS) is 13.3. The van der Waals surface area contributed by atoms with Gasteiger partial charge in [-0.15, -0.1) is 0 Å². The first-order chi connectivity index (χ1) is 10.4. The number of carbonyl (C=O) groups excluding carboxylic acids is 1. The van der Waals surface area contributed by atoms with Crippen LogP contribution in [0, 0.1) is 0 Å². The zero-order valence-corrected chi connectivity index (χ0v) is 12.9. The molecule has 126 valence electrons. The van der Waals surface area contributed by atoms with Crippen LogP contribution in [0.4, 0.5) is 0 Å². The van der Waals surface area contributed by atoms with Gasteiger partial charge in [0.1, 0.15) is 0 Å². The Morgan fingerprint density at radius 1 is 0.958 bits per heavy atom. The summed E-state index contributed by atoms with van der Waals surface area (Å²) in [6.45, 7) is 0. The van der Waals surface area contributed by atoms with Crippen LogP contribution in [0.1, 0.15) is 11.7 Å². The zero-order valence-electron chi connectivity index (χ0n) is 11.2. The van der Waals surface area contributed by atoms with Crippen LogP contribution in [0.5, 0.6) is 0 Å². The number of nitrogens with two attached hydrogens (primary N) is 1. The van der Waals surface area contributed by atoms with Crippen molar-refractivity contribution in [2.24, 2.45) is 5.73 Å². The van der Waals surface area contributed by atoms with Crippen LogP contribution < -0.4 is 5.73 Å². The molecule has 1 unspecified atom stereocenters. The number of rotatable bonds is 4. The number of benzene rings is 2. The van der Waals surface area contributed by atoms with Crippen molar-refractivity contribution >= 4 is 66.5 Å². The van der Waals surface area contributed by atoms with Crippen molar-refractivity contribution in [3.05, 3.63) is 35.9 Å². The van der Waals surface area contributed by atoms with Crippen molar-refractivity contribution in [2.45, 2.75) is 15.9 Å². The van der Waals surface area contributed by atoms with Crippen LogP contribution in [0.15, 0.2) is 40.1 Å². The van der Waals surface area contributed by atoms with E-state index in [0.717, 1.165) is 30.3 Å². The van der Waals surface area contributed by atoms with Crippen LogP contribution in [0.25, 0.3) is 10.8 Å². The Labute approximate surface area is 159 Å². The molecule has 0 fully saturated rings. The van der Waals surface area contributed by atoms with Gasteiger partial charge in [-0.05, 0) is 40.6 Å². The predicted molar refractivity (Wildman–Crippen MR) is 84.9 cm³/mol. The molecule has 0 saturated carbocycles. The molecule has 2 aromatic carbocycles. The Kier molecular flexibility index (Phi) is 6.17. The van der Waals surface area contributed by atoms with Gasteiger partial charge in [0.2, 0.25) is 0 Å². The van der Waals surface area contributed by atoms with Gasteiger partial charge in [0.05, 0.1) is 9.79 Å². The van der Waals surface area contributed by atoms with E-state index in [0.29, 0.717) is 0 Å². The molecule has 0 aromatic heterocycles. The standard InChI is InChI=1S/C12H11NO8S2.Na.H/c13-12(15)11(14)10-5-8(23(19,20)21)4-6-3-7(22(16,17)18)1-2-9(6)10;;/h1-5,11,14H,(H2,13,15)(H,16,17,18)(H,19,20,21);;. The molecular weight excluding hydrogens is 373 g/mol. The Morgan fingerprint density at radius 2 is 1.46 bits per heavy atom. The number of carbonyl (C=O) groups is 1. The molecule has 0 bridgehead atoms. The molecular formula is C12H12NNaO8S2. The monoisotopic (exact) mass is 385 g/mol. The third-order valence-electron chi connectivity index (χ3n) is 3.09. The molecule has 1 amide bonds. The molecule has 0 aliphatic rings. The molecule has 0 aliphatic heterocycles. The van der Waals surface area contributed by atoms with Gasteiger partial charge in [0.25, 0.3) is 26.1 Å². The molecule has 5 N–H and O–H groups in total. The van der Waals surface area contributed by atoms with Crippen LogP contribution in [0.2, 0.25) is 0 Å². The second-order valence-corrected chi connectivity index (χ2v) is 7.49. The molecule has 2 rings (SSSR count). The molecule has 0 aliphatic carbocycles. The average Bonchev–Trinajstić information content (AvgIpc) is 2.42. The summed E-state index contributed by atoms with van der Waals surface area (Å²) >= 11 is 0. The maximum absolute atomic E-state index is 11.3. The summed E-state index contributed by atoms with van der Waals surface area (Å²) in [5.41, 5.74) is 4.75. The van der Waals surface area contributed by atoms with Crippen molar-refractivity contribution < 1.29 is 35.8 Å². The summed E-state index contributed by atoms with van der Waals surface area (Å²) < 4.78 is 63.0. The Morgan fingerprint density at radius 3 is 1.92 bits per heavy atom. The quantitative estimate of drug-likeness (QED) is 0.391. The first-order valence-electron chi connectivity index (χ1n) is 5.91. The SMILES string of the molecule is NC(=O)C(O)c1cc(S(=O)(=O)O)cc2cc(S(=O)(=O)O)ccc12.[NaH]. The molecule has 24 heavy (non-hydrogen) atoms. The molecule has 0 spiro atoms. The minimum atomic E-state index is -4.70. The summed E-state index contributed by atoms with van der Waals surface area (Å²) in [6, 6.07) is 4.86. The Bertz CT molecular complexity index is 1010. The minimum absolute atomic E-state index is 0. The van der Waals surface area contributed by atoms with E-state index in [-0.39, 0.29) is 45.9 Å². The van der Waals surface area contributed by atoms with Gasteiger partial charge < -0.3 is 10.8 Å². The summed E-state index contributed by atoms with van der Waals surface area (Å²) in [6.07, 6.45) is -1.88. The van der Waals surface area contributed by atoms with Crippen molar-refractivity contribution in [1.82, 2.24) is 0 Å². The van der Waals surface area contributed by atoms with Crippen molar-refractivity contribution in [3.8, 4) is 0 Å². The van der Waals surface area contributed by atoms with Crippen LogP contribution in [-0.2, 0) is 25.0 Å². The van der Waals surface area contributed by atoms with Gasteiger partial charge in [-0.3, -0.25) is 13.9 Å². The first-order valence-corrected chi connectivity index (χ1v) is 8.79. The van der Waals surface area contributed by atoms with Crippen LogP contribution in [0.3, 0.4) is 0 Å². The number of hydrogen-bond donors (Lipinski definition) is 4. The molecule has 9 nitrogen and oxygen atoms in total. The fourth-order valence-corrected chi connectivity index (χ4v) is 3.11. The third-order valence-corrected chi connectivity index (χ3v) is 4.77. The van der Waals surface area contributed by atoms with Crippen molar-refractivity contribution in [1.29, 1.82) is 0 Å². The van der Waals surface area contributed by atoms with Crippen molar-refractivity contribution in [3.63, 3.8) is 0 Å². The van der Waals surface area contributed by atoms with Gasteiger partial charge in [-0.1, -0.05) is 6.07 Å². The van der Waals surface area contributed by atoms with Gasteiger partial charge in [0, 0.05) is 0 Å². The average molecular weight is 385 g/mol. The number of primary amides is 1. The number of fused-ring (bicyclic) bond motifs is 1. The fraction of sp³-hybridized carbons (Fsp3) is 0.0833. The molecule has 0 radical (unpaired) electrons. The molecule has 2 aromatic rings. The summed E-state index contributed by atoms with van der Waals surface area (Å²) in [4.78, 5) is 9.95. The zero-order chi connectivity index (χ0) is 17.6. The Balaban J connectivity index is 0.00000288. The summed E-state index contributed by atoms with van der Waals surface area (Å²) in [7, 11) is -9.26. The third kappa shape index (κ3) is 4.32. The van der Waals surface area contributed by atoms with E-state index in [4.69, 9.17) is 14.8 Å². The second-order valence-electron chi connectivity index (χ2n) is 4.65. The molecule has 0 heterocycles. The first kappa shape index (κ1) is 21.0. The number of amides is 1. The van der Waals surface area contributed by atoms with Gasteiger partial charge in [-0.2, -0.15) is 16.8 Å². The van der Waals surface area contributed by atoms with E-state index in [1.165, 1.54) is 0 Å². The van der Waals surface area contributed by atoms with Crippen LogP contribution in [-0.4, -0.2) is 66.5 Å². The van der Waals surface area contributed by atoms with Gasteiger partial charge in [0.15, 0.2) is 6.10 Å². The fourth-order valence-electron chi connectivity index (χ4n) is 2.04. The number of hydrogen-bond acceptors (Lipinski definition) is 6. The van der Waals surface area contributed by atoms with E-state index >= 15 is 0 Å². The predicted octanol–water partition coefficient (Wildman–Crippen LogP) is -0.797. The van der Waals surface area contributed by atoms with Gasteiger partial charge >= 0.3 is 29.6 Å². The topological polar surface area (TPSA) is 172 Å². The number of aliphatic hydroxyl groups excluding tert-OH is 1. The van der Waals surface area contributed by atoms with Crippen LogP contribution >= 0.6 is 0 Å². The Hall–Kier alpha value is -1.05. The molecule has 0 saturated heterocycles. The van der Waals surface area contributed by atoms with Gasteiger partial charge in [-0.25, -0.2) is 0 Å². The van der Waals surface area contributed by atoms with E-state index in [9.17, 15) is 26.7 Å². The number of aliphatic hydroxyl groups is 1. The second kappa shape index (κ2) is 7.06. The summed E-state index contributed by atoms with van der Waals surface area (Å²) in [5, 5.41) is 9.87. The summed E-state index contributed by atoms with van der Waals surface area (Å²) in [5.74, 6) is -1.17. The van der Waals surface area contributed by atoms with E-state index in [1.807, 2.05) is 0 Å². The maximum atomic E-state index is 11.3. The van der Waals surface area contributed by atoms with E-state index in [2.05, 4.69) is 0 Å². The molecule has 1 atom stereocenters. The van der Waals surface area contributed by atoms with Crippen molar-refractivity contribution in [2.75, 3.05) is 0 Å². The van der Waals surface area contributed by atoms with E-state index < -0.39 is 42.0 Å².